The van der Waals surface area contributed by atoms with Crippen molar-refractivity contribution in [3.8, 4) is 11.4 Å². The Morgan fingerprint density at radius 1 is 0.895 bits per heavy atom. The minimum atomic E-state index is 0.242. The molecule has 2 N–H and O–H groups in total. The molecular weight excluding hydrogens is 238 g/mol. The largest absolute Gasteiger partial charge is 0.368 e. The molecule has 0 spiro atoms. The highest BCUT2D eigenvalue weighted by atomic mass is 15.3. The molecular formula is C14H19N5. The highest BCUT2D eigenvalue weighted by Gasteiger charge is 2.11. The highest BCUT2D eigenvalue weighted by molar-refractivity contribution is 5.64. The van der Waals surface area contributed by atoms with Crippen molar-refractivity contribution in [1.82, 2.24) is 15.0 Å². The topological polar surface area (TPSA) is 67.9 Å². The molecule has 5 nitrogen and oxygen atoms in total. The number of aromatic nitrogens is 3. The predicted molar refractivity (Wildman–Crippen MR) is 78.2 cm³/mol. The number of nitrogen functional groups attached to an aromatic ring is 1. The quantitative estimate of drug-likeness (QED) is 0.892. The molecule has 1 heterocycles. The van der Waals surface area contributed by atoms with Gasteiger partial charge in [0, 0.05) is 19.7 Å². The summed E-state index contributed by atoms with van der Waals surface area (Å²) < 4.78 is 0. The van der Waals surface area contributed by atoms with Crippen LogP contribution in [0.1, 0.15) is 16.7 Å². The van der Waals surface area contributed by atoms with Gasteiger partial charge in [-0.25, -0.2) is 0 Å². The minimum Gasteiger partial charge on any atom is -0.368 e. The van der Waals surface area contributed by atoms with Crippen molar-refractivity contribution in [3.63, 3.8) is 0 Å². The van der Waals surface area contributed by atoms with Crippen LogP contribution in [0, 0.1) is 20.8 Å². The van der Waals surface area contributed by atoms with Gasteiger partial charge in [0.25, 0.3) is 0 Å². The third-order valence-corrected chi connectivity index (χ3v) is 3.12. The third kappa shape index (κ3) is 2.65. The molecule has 0 saturated carbocycles. The van der Waals surface area contributed by atoms with Gasteiger partial charge in [-0.2, -0.15) is 15.0 Å². The van der Waals surface area contributed by atoms with E-state index in [0.717, 1.165) is 11.1 Å². The van der Waals surface area contributed by atoms with E-state index in [1.54, 1.807) is 0 Å². The van der Waals surface area contributed by atoms with Crippen molar-refractivity contribution in [1.29, 1.82) is 0 Å². The summed E-state index contributed by atoms with van der Waals surface area (Å²) in [5.41, 5.74) is 10.4. The zero-order valence-electron chi connectivity index (χ0n) is 12.0. The fraction of sp³-hybridized carbons (Fsp3) is 0.357. The summed E-state index contributed by atoms with van der Waals surface area (Å²) in [5, 5.41) is 0. The lowest BCUT2D eigenvalue weighted by molar-refractivity contribution is 0.968. The highest BCUT2D eigenvalue weighted by Crippen LogP contribution is 2.25. The Morgan fingerprint density at radius 2 is 1.53 bits per heavy atom. The Balaban J connectivity index is 2.62. The Kier molecular flexibility index (Phi) is 3.38. The van der Waals surface area contributed by atoms with E-state index in [2.05, 4.69) is 47.9 Å². The van der Waals surface area contributed by atoms with Crippen LogP contribution in [-0.4, -0.2) is 29.0 Å². The molecule has 0 aliphatic heterocycles. The first-order valence-corrected chi connectivity index (χ1v) is 6.15. The Morgan fingerprint density at radius 3 is 2.16 bits per heavy atom. The molecule has 0 saturated heterocycles. The molecule has 100 valence electrons. The molecule has 0 fully saturated rings. The second kappa shape index (κ2) is 4.84. The maximum Gasteiger partial charge on any atom is 0.230 e. The standard InChI is InChI=1S/C14H19N5/c1-8-6-10(3)11(7-9(8)2)12-16-13(15)18-14(17-12)19(4)5/h6-7H,1-5H3,(H2,15,16,17,18). The van der Waals surface area contributed by atoms with Gasteiger partial charge < -0.3 is 10.6 Å². The van der Waals surface area contributed by atoms with Crippen LogP contribution in [-0.2, 0) is 0 Å². The first kappa shape index (κ1) is 13.3. The molecule has 0 radical (unpaired) electrons. The summed E-state index contributed by atoms with van der Waals surface area (Å²) in [4.78, 5) is 14.6. The monoisotopic (exact) mass is 257 g/mol. The average Bonchev–Trinajstić information content (AvgIpc) is 2.33. The van der Waals surface area contributed by atoms with Gasteiger partial charge in [-0.15, -0.1) is 0 Å². The van der Waals surface area contributed by atoms with Crippen molar-refractivity contribution < 1.29 is 0 Å². The van der Waals surface area contributed by atoms with Crippen molar-refractivity contribution in [2.45, 2.75) is 20.8 Å². The van der Waals surface area contributed by atoms with E-state index in [4.69, 9.17) is 5.73 Å². The zero-order valence-corrected chi connectivity index (χ0v) is 12.0. The normalized spacial score (nSPS) is 10.6. The maximum absolute atomic E-state index is 5.76. The number of aryl methyl sites for hydroxylation is 3. The van der Waals surface area contributed by atoms with Crippen molar-refractivity contribution in [2.24, 2.45) is 0 Å². The summed E-state index contributed by atoms with van der Waals surface area (Å²) in [7, 11) is 3.76. The van der Waals surface area contributed by atoms with Gasteiger partial charge in [0.1, 0.15) is 0 Å². The molecule has 0 atom stereocenters. The van der Waals surface area contributed by atoms with Gasteiger partial charge in [0.05, 0.1) is 0 Å². The van der Waals surface area contributed by atoms with Gasteiger partial charge in [-0.3, -0.25) is 0 Å². The lowest BCUT2D eigenvalue weighted by Crippen LogP contribution is -2.15. The molecule has 0 bridgehead atoms. The number of benzene rings is 1. The Labute approximate surface area is 113 Å². The third-order valence-electron chi connectivity index (χ3n) is 3.12. The van der Waals surface area contributed by atoms with Crippen LogP contribution in [0.25, 0.3) is 11.4 Å². The molecule has 2 aromatic rings. The predicted octanol–water partition coefficient (Wildman–Crippen LogP) is 2.11. The van der Waals surface area contributed by atoms with Crippen LogP contribution < -0.4 is 10.6 Å². The lowest BCUT2D eigenvalue weighted by atomic mass is 10.0. The Bertz CT molecular complexity index is 619. The van der Waals surface area contributed by atoms with Crippen molar-refractivity contribution in [3.05, 3.63) is 28.8 Å². The second-order valence-corrected chi connectivity index (χ2v) is 4.96. The summed E-state index contributed by atoms with van der Waals surface area (Å²) in [6, 6.07) is 4.23. The molecule has 2 rings (SSSR count). The minimum absolute atomic E-state index is 0.242. The Hall–Kier alpha value is -2.17. The SMILES string of the molecule is Cc1cc(C)c(-c2nc(N)nc(N(C)C)n2)cc1C. The smallest absolute Gasteiger partial charge is 0.230 e. The summed E-state index contributed by atoms with van der Waals surface area (Å²) in [6.07, 6.45) is 0. The molecule has 19 heavy (non-hydrogen) atoms. The fourth-order valence-electron chi connectivity index (χ4n) is 1.90. The van der Waals surface area contributed by atoms with E-state index in [1.807, 2.05) is 19.0 Å². The number of hydrogen-bond acceptors (Lipinski definition) is 5. The lowest BCUT2D eigenvalue weighted by Gasteiger charge is -2.13. The molecule has 0 amide bonds. The van der Waals surface area contributed by atoms with E-state index in [1.165, 1.54) is 11.1 Å². The molecule has 1 aromatic heterocycles. The maximum atomic E-state index is 5.76. The summed E-state index contributed by atoms with van der Waals surface area (Å²) in [6.45, 7) is 6.23. The molecule has 0 unspecified atom stereocenters. The van der Waals surface area contributed by atoms with Crippen molar-refractivity contribution >= 4 is 11.9 Å². The van der Waals surface area contributed by atoms with Crippen LogP contribution in [0.15, 0.2) is 12.1 Å². The summed E-state index contributed by atoms with van der Waals surface area (Å²) in [5.74, 6) is 1.43. The number of hydrogen-bond donors (Lipinski definition) is 1. The first-order valence-electron chi connectivity index (χ1n) is 6.15. The molecule has 0 aliphatic carbocycles. The second-order valence-electron chi connectivity index (χ2n) is 4.96. The molecule has 5 heteroatoms. The molecule has 1 aromatic carbocycles. The average molecular weight is 257 g/mol. The van der Waals surface area contributed by atoms with Gasteiger partial charge >= 0.3 is 0 Å². The van der Waals surface area contributed by atoms with E-state index in [-0.39, 0.29) is 5.95 Å². The van der Waals surface area contributed by atoms with Crippen LogP contribution in [0.5, 0.6) is 0 Å². The van der Waals surface area contributed by atoms with Crippen molar-refractivity contribution in [2.75, 3.05) is 24.7 Å². The van der Waals surface area contributed by atoms with Gasteiger partial charge in [-0.05, 0) is 43.5 Å². The van der Waals surface area contributed by atoms with Crippen LogP contribution in [0.2, 0.25) is 0 Å². The van der Waals surface area contributed by atoms with Gasteiger partial charge in [-0.1, -0.05) is 6.07 Å². The van der Waals surface area contributed by atoms with E-state index in [9.17, 15) is 0 Å². The first-order chi connectivity index (χ1) is 8.88. The summed E-state index contributed by atoms with van der Waals surface area (Å²) >= 11 is 0. The number of rotatable bonds is 2. The van der Waals surface area contributed by atoms with E-state index < -0.39 is 0 Å². The fourth-order valence-corrected chi connectivity index (χ4v) is 1.90. The molecule has 0 aliphatic rings. The number of anilines is 2. The van der Waals surface area contributed by atoms with Crippen LogP contribution in [0.4, 0.5) is 11.9 Å². The van der Waals surface area contributed by atoms with Gasteiger partial charge in [0.2, 0.25) is 11.9 Å². The van der Waals surface area contributed by atoms with Gasteiger partial charge in [0.15, 0.2) is 5.82 Å². The zero-order chi connectivity index (χ0) is 14.2. The number of nitrogens with zero attached hydrogens (tertiary/aromatic N) is 4. The number of nitrogens with two attached hydrogens (primary N) is 1. The van der Waals surface area contributed by atoms with E-state index >= 15 is 0 Å². The van der Waals surface area contributed by atoms with E-state index in [0.29, 0.717) is 11.8 Å². The van der Waals surface area contributed by atoms with Crippen LogP contribution >= 0.6 is 0 Å². The van der Waals surface area contributed by atoms with Crippen LogP contribution in [0.3, 0.4) is 0 Å².